The maximum Gasteiger partial charge on any atom is 0.119 e. The minimum absolute atomic E-state index is 0.933. The quantitative estimate of drug-likeness (QED) is 0.738. The van der Waals surface area contributed by atoms with Gasteiger partial charge in [-0.3, -0.25) is 0 Å². The maximum absolute atomic E-state index is 5.25. The lowest BCUT2D eigenvalue weighted by atomic mass is 9.89. The van der Waals surface area contributed by atoms with Crippen molar-refractivity contribution in [1.29, 1.82) is 0 Å². The highest BCUT2D eigenvalue weighted by Gasteiger charge is 2.14. The standard InChI is InChI=1S/C12H14N2O/c1-15-8-2-3-11-10(6-8)9-4-5-13-7-12(9)14-11/h2-3,6,13-14H,4-5,7H2,1H3/i7-1. The number of rotatable bonds is 1. The molecule has 1 aliphatic rings. The largest absolute Gasteiger partial charge is 0.497 e. The second-order valence-corrected chi connectivity index (χ2v) is 3.92. The van der Waals surface area contributed by atoms with Gasteiger partial charge in [-0.25, -0.2) is 0 Å². The van der Waals surface area contributed by atoms with Crippen LogP contribution < -0.4 is 10.1 Å². The van der Waals surface area contributed by atoms with Gasteiger partial charge in [-0.2, -0.15) is 0 Å². The number of hydrogen-bond donors (Lipinski definition) is 2. The van der Waals surface area contributed by atoms with Crippen LogP contribution in [0.2, 0.25) is 0 Å². The molecule has 0 unspecified atom stereocenters. The van der Waals surface area contributed by atoms with Crippen molar-refractivity contribution in [2.24, 2.45) is 0 Å². The summed E-state index contributed by atoms with van der Waals surface area (Å²) in [5.41, 5.74) is 3.98. The average molecular weight is 201 g/mol. The second kappa shape index (κ2) is 3.28. The predicted molar refractivity (Wildman–Crippen MR) is 60.3 cm³/mol. The van der Waals surface area contributed by atoms with Crippen LogP contribution in [-0.2, 0) is 13.0 Å². The van der Waals surface area contributed by atoms with Crippen LogP contribution >= 0.6 is 0 Å². The van der Waals surface area contributed by atoms with Crippen LogP contribution in [0.1, 0.15) is 11.3 Å². The van der Waals surface area contributed by atoms with Gasteiger partial charge in [-0.15, -0.1) is 0 Å². The molecule has 0 atom stereocenters. The Balaban J connectivity index is 2.24. The Morgan fingerprint density at radius 3 is 3.13 bits per heavy atom. The fraction of sp³-hybridized carbons (Fsp3) is 0.333. The molecule has 0 fully saturated rings. The van der Waals surface area contributed by atoms with Crippen molar-refractivity contribution in [1.82, 2.24) is 10.3 Å². The van der Waals surface area contributed by atoms with E-state index in [1.165, 1.54) is 22.2 Å². The van der Waals surface area contributed by atoms with Crippen molar-refractivity contribution in [2.45, 2.75) is 13.0 Å². The summed E-state index contributed by atoms with van der Waals surface area (Å²) in [6.45, 7) is 2.02. The van der Waals surface area contributed by atoms with Crippen LogP contribution in [0.5, 0.6) is 5.75 Å². The van der Waals surface area contributed by atoms with E-state index in [4.69, 9.17) is 4.74 Å². The summed E-state index contributed by atoms with van der Waals surface area (Å²) < 4.78 is 5.25. The zero-order valence-corrected chi connectivity index (χ0v) is 8.76. The SMILES string of the molecule is COc1ccc2[nH]c3c(c2c1)CCN[11CH2]3. The molecule has 0 radical (unpaired) electrons. The number of hydrogen-bond acceptors (Lipinski definition) is 2. The molecular formula is C12H14N2O. The van der Waals surface area contributed by atoms with Gasteiger partial charge in [-0.1, -0.05) is 0 Å². The molecule has 0 saturated heterocycles. The van der Waals surface area contributed by atoms with Gasteiger partial charge in [-0.05, 0) is 36.7 Å². The fourth-order valence-electron chi connectivity index (χ4n) is 2.27. The molecule has 3 heteroatoms. The maximum atomic E-state index is 5.25. The van der Waals surface area contributed by atoms with E-state index in [1.54, 1.807) is 7.11 Å². The first kappa shape index (κ1) is 8.80. The van der Waals surface area contributed by atoms with E-state index < -0.39 is 0 Å². The molecule has 2 heterocycles. The number of benzene rings is 1. The molecule has 3 rings (SSSR count). The van der Waals surface area contributed by atoms with Gasteiger partial charge in [0.1, 0.15) is 5.75 Å². The molecule has 1 aromatic carbocycles. The molecular weight excluding hydrogens is 187 g/mol. The van der Waals surface area contributed by atoms with Crippen molar-refractivity contribution in [3.05, 3.63) is 29.5 Å². The monoisotopic (exact) mass is 201 g/mol. The summed E-state index contributed by atoms with van der Waals surface area (Å²) in [6, 6.07) is 6.21. The zero-order chi connectivity index (χ0) is 10.3. The zero-order valence-electron chi connectivity index (χ0n) is 8.76. The van der Waals surface area contributed by atoms with Gasteiger partial charge in [0.25, 0.3) is 0 Å². The molecule has 0 saturated carbocycles. The van der Waals surface area contributed by atoms with Crippen LogP contribution in [-0.4, -0.2) is 18.6 Å². The minimum Gasteiger partial charge on any atom is -0.497 e. The predicted octanol–water partition coefficient (Wildman–Crippen LogP) is 1.82. The summed E-state index contributed by atoms with van der Waals surface area (Å²) in [4.78, 5) is 3.45. The highest BCUT2D eigenvalue weighted by molar-refractivity contribution is 5.86. The number of nitrogens with one attached hydrogen (secondary N) is 2. The Morgan fingerprint density at radius 1 is 1.33 bits per heavy atom. The lowest BCUT2D eigenvalue weighted by Gasteiger charge is -2.12. The van der Waals surface area contributed by atoms with E-state index in [0.29, 0.717) is 0 Å². The Labute approximate surface area is 88.4 Å². The lowest BCUT2D eigenvalue weighted by molar-refractivity contribution is 0.415. The van der Waals surface area contributed by atoms with Crippen LogP contribution in [0.4, 0.5) is 0 Å². The van der Waals surface area contributed by atoms with Gasteiger partial charge in [0, 0.05) is 23.1 Å². The second-order valence-electron chi connectivity index (χ2n) is 3.92. The molecule has 15 heavy (non-hydrogen) atoms. The molecule has 0 spiro atoms. The molecule has 0 aliphatic carbocycles. The Kier molecular flexibility index (Phi) is 1.92. The number of aromatic amines is 1. The first-order valence-corrected chi connectivity index (χ1v) is 5.26. The van der Waals surface area contributed by atoms with Gasteiger partial charge < -0.3 is 15.0 Å². The van der Waals surface area contributed by atoms with Gasteiger partial charge in [0.2, 0.25) is 0 Å². The number of ether oxygens (including phenoxy) is 1. The van der Waals surface area contributed by atoms with E-state index >= 15 is 0 Å². The summed E-state index contributed by atoms with van der Waals surface area (Å²) in [5, 5.41) is 4.68. The summed E-state index contributed by atoms with van der Waals surface area (Å²) >= 11 is 0. The van der Waals surface area contributed by atoms with Crippen LogP contribution in [0, 0.1) is 0 Å². The van der Waals surface area contributed by atoms with E-state index in [0.717, 1.165) is 25.3 Å². The first-order chi connectivity index (χ1) is 7.38. The third-order valence-corrected chi connectivity index (χ3v) is 3.06. The Bertz CT molecular complexity index is 502. The molecule has 1 aliphatic heterocycles. The van der Waals surface area contributed by atoms with Crippen molar-refractivity contribution in [3.63, 3.8) is 0 Å². The Hall–Kier alpha value is -1.48. The number of fused-ring (bicyclic) bond motifs is 3. The summed E-state index contributed by atoms with van der Waals surface area (Å²) in [5.74, 6) is 0.933. The van der Waals surface area contributed by atoms with Crippen LogP contribution in [0.15, 0.2) is 18.2 Å². The lowest BCUT2D eigenvalue weighted by Crippen LogP contribution is -2.22. The molecule has 0 amide bonds. The third kappa shape index (κ3) is 1.31. The van der Waals surface area contributed by atoms with Gasteiger partial charge in [0.15, 0.2) is 0 Å². The first-order valence-electron chi connectivity index (χ1n) is 5.26. The van der Waals surface area contributed by atoms with Crippen LogP contribution in [0.25, 0.3) is 10.9 Å². The fourth-order valence-corrected chi connectivity index (χ4v) is 2.27. The smallest absolute Gasteiger partial charge is 0.119 e. The van der Waals surface area contributed by atoms with E-state index in [1.807, 2.05) is 6.07 Å². The van der Waals surface area contributed by atoms with Crippen molar-refractivity contribution in [3.8, 4) is 5.75 Å². The normalized spacial score (nSPS) is 15.3. The van der Waals surface area contributed by atoms with E-state index in [-0.39, 0.29) is 0 Å². The molecule has 78 valence electrons. The molecule has 2 aromatic rings. The number of methoxy groups -OCH3 is 1. The molecule has 3 nitrogen and oxygen atoms in total. The van der Waals surface area contributed by atoms with Crippen molar-refractivity contribution < 1.29 is 4.74 Å². The number of aromatic nitrogens is 1. The summed E-state index contributed by atoms with van der Waals surface area (Å²) in [6.07, 6.45) is 1.10. The number of H-pyrrole nitrogens is 1. The topological polar surface area (TPSA) is 37.0 Å². The van der Waals surface area contributed by atoms with Gasteiger partial charge in [0.05, 0.1) is 7.11 Å². The molecule has 0 bridgehead atoms. The highest BCUT2D eigenvalue weighted by atomic mass is 16.5. The average Bonchev–Trinajstić information content (AvgIpc) is 2.66. The third-order valence-electron chi connectivity index (χ3n) is 3.06. The Morgan fingerprint density at radius 2 is 2.27 bits per heavy atom. The molecule has 2 N–H and O–H groups in total. The minimum atomic E-state index is 0.933. The van der Waals surface area contributed by atoms with E-state index in [9.17, 15) is 0 Å². The molecule has 1 aromatic heterocycles. The summed E-state index contributed by atoms with van der Waals surface area (Å²) in [7, 11) is 1.71. The van der Waals surface area contributed by atoms with Crippen LogP contribution in [0.3, 0.4) is 0 Å². The highest BCUT2D eigenvalue weighted by Crippen LogP contribution is 2.28. The van der Waals surface area contributed by atoms with Gasteiger partial charge >= 0.3 is 0 Å². The van der Waals surface area contributed by atoms with Crippen molar-refractivity contribution in [2.75, 3.05) is 13.7 Å². The van der Waals surface area contributed by atoms with E-state index in [2.05, 4.69) is 22.4 Å². The van der Waals surface area contributed by atoms with Crippen molar-refractivity contribution >= 4 is 10.9 Å².